The van der Waals surface area contributed by atoms with Crippen molar-refractivity contribution in [2.75, 3.05) is 18.0 Å². The first-order chi connectivity index (χ1) is 8.91. The molecule has 0 saturated carbocycles. The molecule has 1 aromatic carbocycles. The van der Waals surface area contributed by atoms with Crippen LogP contribution in [0.2, 0.25) is 0 Å². The number of carbonyl (C=O) groups excluding carboxylic acids is 1. The van der Waals surface area contributed by atoms with Gasteiger partial charge in [0.2, 0.25) is 5.91 Å². The number of unbranched alkanes of at least 4 members (excludes halogenated alkanes) is 1. The van der Waals surface area contributed by atoms with Crippen LogP contribution in [-0.4, -0.2) is 19.0 Å². The summed E-state index contributed by atoms with van der Waals surface area (Å²) in [7, 11) is 0. The fraction of sp³-hybridized carbons (Fsp3) is 0.562. The number of nitrogens with zero attached hydrogens (tertiary/aromatic N) is 1. The zero-order valence-corrected chi connectivity index (χ0v) is 12.6. The minimum atomic E-state index is -0.00912. The van der Waals surface area contributed by atoms with E-state index in [0.717, 1.165) is 25.1 Å². The summed E-state index contributed by atoms with van der Waals surface area (Å²) in [6, 6.07) is 8.12. The maximum absolute atomic E-state index is 12.1. The van der Waals surface area contributed by atoms with Gasteiger partial charge in [-0.25, -0.2) is 0 Å². The molecule has 0 spiro atoms. The third-order valence-corrected chi connectivity index (χ3v) is 3.21. The number of nitrogens with two attached hydrogens (primary N) is 1. The van der Waals surface area contributed by atoms with Gasteiger partial charge in [-0.1, -0.05) is 52.3 Å². The van der Waals surface area contributed by atoms with Crippen LogP contribution in [0.15, 0.2) is 24.3 Å². The number of rotatable bonds is 5. The summed E-state index contributed by atoms with van der Waals surface area (Å²) in [4.78, 5) is 13.9. The van der Waals surface area contributed by atoms with E-state index in [1.165, 1.54) is 5.56 Å². The molecule has 106 valence electrons. The molecule has 1 aromatic rings. The third kappa shape index (κ3) is 4.06. The van der Waals surface area contributed by atoms with Crippen molar-refractivity contribution in [3.8, 4) is 0 Å². The Bertz CT molecular complexity index is 421. The molecule has 0 aromatic heterocycles. The van der Waals surface area contributed by atoms with Crippen LogP contribution in [0.3, 0.4) is 0 Å². The van der Waals surface area contributed by atoms with Gasteiger partial charge >= 0.3 is 0 Å². The molecule has 1 amide bonds. The topological polar surface area (TPSA) is 46.3 Å². The lowest BCUT2D eigenvalue weighted by atomic mass is 9.85. The molecule has 0 fully saturated rings. The van der Waals surface area contributed by atoms with E-state index in [-0.39, 0.29) is 17.9 Å². The Balaban J connectivity index is 3.18. The van der Waals surface area contributed by atoms with Gasteiger partial charge in [0.1, 0.15) is 0 Å². The summed E-state index contributed by atoms with van der Waals surface area (Å²) in [5, 5.41) is 0. The van der Waals surface area contributed by atoms with Crippen LogP contribution >= 0.6 is 0 Å². The van der Waals surface area contributed by atoms with E-state index in [1.54, 1.807) is 0 Å². The zero-order valence-electron chi connectivity index (χ0n) is 12.6. The Morgan fingerprint density at radius 1 is 1.26 bits per heavy atom. The molecule has 0 unspecified atom stereocenters. The second-order valence-corrected chi connectivity index (χ2v) is 5.87. The predicted octanol–water partition coefficient (Wildman–Crippen LogP) is 3.08. The summed E-state index contributed by atoms with van der Waals surface area (Å²) < 4.78 is 0. The number of benzene rings is 1. The van der Waals surface area contributed by atoms with Crippen LogP contribution < -0.4 is 10.6 Å². The highest BCUT2D eigenvalue weighted by atomic mass is 16.2. The van der Waals surface area contributed by atoms with E-state index in [9.17, 15) is 4.79 Å². The normalized spacial score (nSPS) is 11.4. The van der Waals surface area contributed by atoms with E-state index in [4.69, 9.17) is 5.73 Å². The van der Waals surface area contributed by atoms with Gasteiger partial charge in [0, 0.05) is 12.2 Å². The first-order valence-corrected chi connectivity index (χ1v) is 7.01. The van der Waals surface area contributed by atoms with E-state index in [2.05, 4.69) is 33.8 Å². The highest BCUT2D eigenvalue weighted by Gasteiger charge is 2.23. The van der Waals surface area contributed by atoms with Crippen LogP contribution in [0, 0.1) is 0 Å². The lowest BCUT2D eigenvalue weighted by Gasteiger charge is -2.30. The molecule has 0 saturated heterocycles. The Morgan fingerprint density at radius 3 is 2.42 bits per heavy atom. The van der Waals surface area contributed by atoms with Gasteiger partial charge in [0.05, 0.1) is 6.54 Å². The monoisotopic (exact) mass is 262 g/mol. The maximum atomic E-state index is 12.1. The summed E-state index contributed by atoms with van der Waals surface area (Å²) in [6.07, 6.45) is 2.05. The number of amides is 1. The van der Waals surface area contributed by atoms with E-state index >= 15 is 0 Å². The van der Waals surface area contributed by atoms with Gasteiger partial charge < -0.3 is 10.6 Å². The number of anilines is 1. The summed E-state index contributed by atoms with van der Waals surface area (Å²) >= 11 is 0. The van der Waals surface area contributed by atoms with Gasteiger partial charge in [-0.3, -0.25) is 4.79 Å². The SMILES string of the molecule is CCCCN(C(=O)CN)c1ccccc1C(C)(C)C. The second-order valence-electron chi connectivity index (χ2n) is 5.87. The number of hydrogen-bond acceptors (Lipinski definition) is 2. The van der Waals surface area contributed by atoms with Crippen LogP contribution in [0.1, 0.15) is 46.1 Å². The van der Waals surface area contributed by atoms with Crippen molar-refractivity contribution in [2.45, 2.75) is 46.0 Å². The molecule has 2 N–H and O–H groups in total. The smallest absolute Gasteiger partial charge is 0.240 e. The average molecular weight is 262 g/mol. The highest BCUT2D eigenvalue weighted by Crippen LogP contribution is 2.32. The molecule has 0 heterocycles. The van der Waals surface area contributed by atoms with Crippen molar-refractivity contribution in [1.29, 1.82) is 0 Å². The standard InChI is InChI=1S/C16H26N2O/c1-5-6-11-18(15(19)12-17)14-10-8-7-9-13(14)16(2,3)4/h7-10H,5-6,11-12,17H2,1-4H3. The number of carbonyl (C=O) groups is 1. The lowest BCUT2D eigenvalue weighted by Crippen LogP contribution is -2.38. The molecule has 0 atom stereocenters. The number of para-hydroxylation sites is 1. The highest BCUT2D eigenvalue weighted by molar-refractivity contribution is 5.95. The molecular formula is C16H26N2O. The Morgan fingerprint density at radius 2 is 1.89 bits per heavy atom. The molecule has 19 heavy (non-hydrogen) atoms. The molecule has 0 aliphatic carbocycles. The van der Waals surface area contributed by atoms with Crippen molar-refractivity contribution >= 4 is 11.6 Å². The van der Waals surface area contributed by atoms with E-state index in [1.807, 2.05) is 23.1 Å². The first kappa shape index (κ1) is 15.7. The van der Waals surface area contributed by atoms with E-state index < -0.39 is 0 Å². The molecule has 3 nitrogen and oxygen atoms in total. The van der Waals surface area contributed by atoms with Gasteiger partial charge in [-0.2, -0.15) is 0 Å². The molecule has 0 bridgehead atoms. The third-order valence-electron chi connectivity index (χ3n) is 3.21. The van der Waals surface area contributed by atoms with Crippen molar-refractivity contribution in [2.24, 2.45) is 5.73 Å². The minimum Gasteiger partial charge on any atom is -0.322 e. The van der Waals surface area contributed by atoms with Crippen molar-refractivity contribution in [3.63, 3.8) is 0 Å². The first-order valence-electron chi connectivity index (χ1n) is 7.01. The molecule has 3 heteroatoms. The summed E-state index contributed by atoms with van der Waals surface area (Å²) in [5.74, 6) is -0.00912. The van der Waals surface area contributed by atoms with Crippen LogP contribution in [-0.2, 0) is 10.2 Å². The average Bonchev–Trinajstić information content (AvgIpc) is 2.38. The Hall–Kier alpha value is -1.35. The van der Waals surface area contributed by atoms with Crippen LogP contribution in [0.5, 0.6) is 0 Å². The number of hydrogen-bond donors (Lipinski definition) is 1. The Labute approximate surface area is 116 Å². The van der Waals surface area contributed by atoms with Crippen LogP contribution in [0.25, 0.3) is 0 Å². The maximum Gasteiger partial charge on any atom is 0.240 e. The van der Waals surface area contributed by atoms with Crippen molar-refractivity contribution in [3.05, 3.63) is 29.8 Å². The van der Waals surface area contributed by atoms with Crippen molar-refractivity contribution in [1.82, 2.24) is 0 Å². The molecule has 0 aliphatic rings. The van der Waals surface area contributed by atoms with Crippen molar-refractivity contribution < 1.29 is 4.79 Å². The molecule has 0 aliphatic heterocycles. The largest absolute Gasteiger partial charge is 0.322 e. The van der Waals surface area contributed by atoms with Gasteiger partial charge in [-0.05, 0) is 23.5 Å². The fourth-order valence-electron chi connectivity index (χ4n) is 2.15. The van der Waals surface area contributed by atoms with Gasteiger partial charge in [0.15, 0.2) is 0 Å². The quantitative estimate of drug-likeness (QED) is 0.886. The lowest BCUT2D eigenvalue weighted by molar-refractivity contribution is -0.117. The van der Waals surface area contributed by atoms with Crippen LogP contribution in [0.4, 0.5) is 5.69 Å². The zero-order chi connectivity index (χ0) is 14.5. The molecule has 1 rings (SSSR count). The predicted molar refractivity (Wildman–Crippen MR) is 81.5 cm³/mol. The Kier molecular flexibility index (Phi) is 5.55. The van der Waals surface area contributed by atoms with E-state index in [0.29, 0.717) is 0 Å². The molecular weight excluding hydrogens is 236 g/mol. The van der Waals surface area contributed by atoms with Gasteiger partial charge in [-0.15, -0.1) is 0 Å². The fourth-order valence-corrected chi connectivity index (χ4v) is 2.15. The summed E-state index contributed by atoms with van der Waals surface area (Å²) in [6.45, 7) is 9.41. The molecule has 0 radical (unpaired) electrons. The minimum absolute atomic E-state index is 0.00912. The van der Waals surface area contributed by atoms with Gasteiger partial charge in [0.25, 0.3) is 0 Å². The second kappa shape index (κ2) is 6.71. The summed E-state index contributed by atoms with van der Waals surface area (Å²) in [5.41, 5.74) is 7.75.